The predicted molar refractivity (Wildman–Crippen MR) is 151 cm³/mol. The number of rotatable bonds is 14. The number of nitrogens with one attached hydrogen (secondary N) is 1. The van der Waals surface area contributed by atoms with Crippen LogP contribution in [0.15, 0.2) is 18.2 Å². The fourth-order valence-corrected chi connectivity index (χ4v) is 4.15. The van der Waals surface area contributed by atoms with Crippen LogP contribution in [0, 0.1) is 12.3 Å². The maximum atomic E-state index is 12.9. The van der Waals surface area contributed by atoms with Gasteiger partial charge in [0.1, 0.15) is 12.4 Å². The van der Waals surface area contributed by atoms with E-state index < -0.39 is 73.0 Å². The Morgan fingerprint density at radius 1 is 1.00 bits per heavy atom. The molecule has 1 saturated heterocycles. The number of aliphatic hydroxyl groups is 1. The van der Waals surface area contributed by atoms with Gasteiger partial charge in [-0.3, -0.25) is 24.0 Å². The lowest BCUT2D eigenvalue weighted by molar-refractivity contribution is -0.282. The molecule has 246 valence electrons. The standard InChI is InChI=1S/C29H36N2O14/c1-7-11-40-12-10-23(37)31(5)14-22(36)30-20-13-19(15-32)8-9-21(20)44-29-27(43-18(4)35)25(42-17(3)34)24(41-16(2)33)26(45-29)28(38)39-6/h1,8-9,13,24-27,29,32H,10-12,14-15H2,2-6H3,(H,30,36)/t24-,25-,26?,27?,29+/m0/s1. The van der Waals surface area contributed by atoms with Gasteiger partial charge in [0.05, 0.1) is 39.0 Å². The Morgan fingerprint density at radius 2 is 1.62 bits per heavy atom. The van der Waals surface area contributed by atoms with Crippen molar-refractivity contribution in [2.45, 2.75) is 64.5 Å². The Bertz CT molecular complexity index is 1290. The minimum atomic E-state index is -1.71. The molecule has 5 atom stereocenters. The monoisotopic (exact) mass is 636 g/mol. The van der Waals surface area contributed by atoms with E-state index in [0.29, 0.717) is 5.56 Å². The first-order chi connectivity index (χ1) is 21.3. The fourth-order valence-electron chi connectivity index (χ4n) is 4.15. The van der Waals surface area contributed by atoms with Gasteiger partial charge in [0.15, 0.2) is 18.3 Å². The van der Waals surface area contributed by atoms with Crippen molar-refractivity contribution < 1.29 is 67.0 Å². The molecule has 1 aromatic carbocycles. The summed E-state index contributed by atoms with van der Waals surface area (Å²) in [6.07, 6.45) is -3.13. The number of anilines is 1. The van der Waals surface area contributed by atoms with E-state index in [1.165, 1.54) is 25.2 Å². The Hall–Kier alpha value is -4.72. The van der Waals surface area contributed by atoms with Gasteiger partial charge in [-0.2, -0.15) is 0 Å². The van der Waals surface area contributed by atoms with Crippen molar-refractivity contribution in [3.05, 3.63) is 23.8 Å². The summed E-state index contributed by atoms with van der Waals surface area (Å²) >= 11 is 0. The lowest BCUT2D eigenvalue weighted by atomic mass is 9.97. The molecule has 0 aromatic heterocycles. The van der Waals surface area contributed by atoms with Crippen LogP contribution in [-0.4, -0.2) is 110 Å². The summed E-state index contributed by atoms with van der Waals surface area (Å²) in [5.74, 6) is -2.52. The zero-order valence-electron chi connectivity index (χ0n) is 25.4. The normalized spacial score (nSPS) is 20.5. The first kappa shape index (κ1) is 36.5. The SMILES string of the molecule is C#CCOCCC(=O)N(C)CC(=O)Nc1cc(CO)ccc1O[C@@H]1OC(C(=O)OC)[C@@H](OC(C)=O)[C@H](OC(C)=O)C1OC(C)=O. The molecule has 1 aliphatic heterocycles. The van der Waals surface area contributed by atoms with Gasteiger partial charge >= 0.3 is 23.9 Å². The van der Waals surface area contributed by atoms with Crippen LogP contribution in [0.3, 0.4) is 0 Å². The summed E-state index contributed by atoms with van der Waals surface area (Å²) in [6.45, 7) is 2.44. The third-order valence-electron chi connectivity index (χ3n) is 6.03. The number of likely N-dealkylation sites (N-methyl/N-ethyl adjacent to an activating group) is 1. The van der Waals surface area contributed by atoms with E-state index >= 15 is 0 Å². The highest BCUT2D eigenvalue weighted by atomic mass is 16.7. The van der Waals surface area contributed by atoms with E-state index in [0.717, 1.165) is 32.8 Å². The van der Waals surface area contributed by atoms with E-state index in [9.17, 15) is 33.9 Å². The van der Waals surface area contributed by atoms with Crippen molar-refractivity contribution in [1.82, 2.24) is 4.90 Å². The molecule has 16 nitrogen and oxygen atoms in total. The molecule has 2 rings (SSSR count). The quantitative estimate of drug-likeness (QED) is 0.116. The summed E-state index contributed by atoms with van der Waals surface area (Å²) in [7, 11) is 2.45. The van der Waals surface area contributed by atoms with Gasteiger partial charge in [0.2, 0.25) is 24.2 Å². The Balaban J connectivity index is 2.42. The average molecular weight is 637 g/mol. The number of aliphatic hydroxyl groups excluding tert-OH is 1. The van der Waals surface area contributed by atoms with Crippen LogP contribution in [0.5, 0.6) is 5.75 Å². The van der Waals surface area contributed by atoms with Crippen LogP contribution in [0.4, 0.5) is 5.69 Å². The first-order valence-corrected chi connectivity index (χ1v) is 13.5. The summed E-state index contributed by atoms with van der Waals surface area (Å²) in [5.41, 5.74) is 0.352. The number of amides is 2. The van der Waals surface area contributed by atoms with Gasteiger partial charge in [-0.15, -0.1) is 6.42 Å². The van der Waals surface area contributed by atoms with Crippen molar-refractivity contribution in [2.24, 2.45) is 0 Å². The molecule has 2 N–H and O–H groups in total. The molecule has 45 heavy (non-hydrogen) atoms. The Kier molecular flexibility index (Phi) is 14.2. The number of esters is 4. The van der Waals surface area contributed by atoms with Crippen molar-refractivity contribution in [3.63, 3.8) is 0 Å². The highest BCUT2D eigenvalue weighted by Gasteiger charge is 2.56. The summed E-state index contributed by atoms with van der Waals surface area (Å²) < 4.78 is 37.5. The predicted octanol–water partition coefficient (Wildman–Crippen LogP) is -0.312. The molecule has 0 radical (unpaired) electrons. The molecule has 2 amide bonds. The van der Waals surface area contributed by atoms with Gasteiger partial charge < -0.3 is 48.5 Å². The summed E-state index contributed by atoms with van der Waals surface area (Å²) in [6, 6.07) is 4.16. The minimum Gasteiger partial charge on any atom is -0.467 e. The van der Waals surface area contributed by atoms with Gasteiger partial charge in [-0.25, -0.2) is 4.79 Å². The molecule has 2 unspecified atom stereocenters. The molecule has 1 heterocycles. The van der Waals surface area contributed by atoms with Crippen molar-refractivity contribution in [3.8, 4) is 18.1 Å². The van der Waals surface area contributed by atoms with Crippen LogP contribution in [-0.2, 0) is 63.8 Å². The molecule has 0 bridgehead atoms. The molecule has 0 aliphatic carbocycles. The summed E-state index contributed by atoms with van der Waals surface area (Å²) in [5, 5.41) is 12.3. The van der Waals surface area contributed by atoms with Crippen molar-refractivity contribution >= 4 is 41.4 Å². The minimum absolute atomic E-state index is 0.00399. The molecular formula is C29H36N2O14. The van der Waals surface area contributed by atoms with Gasteiger partial charge in [-0.05, 0) is 17.7 Å². The van der Waals surface area contributed by atoms with E-state index in [4.69, 9.17) is 39.6 Å². The van der Waals surface area contributed by atoms with Gasteiger partial charge in [-0.1, -0.05) is 12.0 Å². The number of carbonyl (C=O) groups is 6. The molecule has 1 fully saturated rings. The maximum absolute atomic E-state index is 12.9. The first-order valence-electron chi connectivity index (χ1n) is 13.5. The van der Waals surface area contributed by atoms with Crippen LogP contribution in [0.2, 0.25) is 0 Å². The number of methoxy groups -OCH3 is 1. The molecule has 1 aromatic rings. The van der Waals surface area contributed by atoms with Crippen LogP contribution in [0.1, 0.15) is 32.8 Å². The third kappa shape index (κ3) is 11.1. The third-order valence-corrected chi connectivity index (χ3v) is 6.03. The van der Waals surface area contributed by atoms with Gasteiger partial charge in [0, 0.05) is 27.8 Å². The van der Waals surface area contributed by atoms with E-state index in [-0.39, 0.29) is 37.6 Å². The topological polar surface area (TPSA) is 203 Å². The summed E-state index contributed by atoms with van der Waals surface area (Å²) in [4.78, 5) is 75.1. The number of terminal acetylenes is 1. The number of benzene rings is 1. The molecule has 16 heteroatoms. The van der Waals surface area contributed by atoms with Crippen LogP contribution in [0.25, 0.3) is 0 Å². The highest BCUT2D eigenvalue weighted by molar-refractivity contribution is 5.95. The lowest BCUT2D eigenvalue weighted by Gasteiger charge is -2.43. The van der Waals surface area contributed by atoms with E-state index in [1.54, 1.807) is 0 Å². The van der Waals surface area contributed by atoms with Gasteiger partial charge in [0.25, 0.3) is 0 Å². The Morgan fingerprint density at radius 3 is 2.20 bits per heavy atom. The molecule has 0 spiro atoms. The maximum Gasteiger partial charge on any atom is 0.339 e. The lowest BCUT2D eigenvalue weighted by Crippen LogP contribution is -2.64. The Labute approximate surface area is 259 Å². The number of nitrogens with zero attached hydrogens (tertiary/aromatic N) is 1. The van der Waals surface area contributed by atoms with E-state index in [1.807, 2.05) is 0 Å². The second-order valence-corrected chi connectivity index (χ2v) is 9.58. The van der Waals surface area contributed by atoms with Crippen LogP contribution >= 0.6 is 0 Å². The second-order valence-electron chi connectivity index (χ2n) is 9.58. The fraction of sp³-hybridized carbons (Fsp3) is 0.517. The van der Waals surface area contributed by atoms with Crippen molar-refractivity contribution in [2.75, 3.05) is 39.2 Å². The number of ether oxygens (including phenoxy) is 7. The zero-order chi connectivity index (χ0) is 33.7. The zero-order valence-corrected chi connectivity index (χ0v) is 25.4. The highest BCUT2D eigenvalue weighted by Crippen LogP contribution is 2.34. The molecule has 1 aliphatic rings. The number of carbonyl (C=O) groups excluding carboxylic acids is 6. The molecule has 0 saturated carbocycles. The number of hydrogen-bond donors (Lipinski definition) is 2. The molecular weight excluding hydrogens is 600 g/mol. The average Bonchev–Trinajstić information content (AvgIpc) is 2.97. The van der Waals surface area contributed by atoms with Crippen LogP contribution < -0.4 is 10.1 Å². The number of hydrogen-bond acceptors (Lipinski definition) is 14. The van der Waals surface area contributed by atoms with Crippen molar-refractivity contribution in [1.29, 1.82) is 0 Å². The second kappa shape index (κ2) is 17.5. The van der Waals surface area contributed by atoms with E-state index in [2.05, 4.69) is 11.2 Å². The largest absolute Gasteiger partial charge is 0.467 e. The smallest absolute Gasteiger partial charge is 0.339 e.